The Labute approximate surface area is 302 Å². The predicted molar refractivity (Wildman–Crippen MR) is 204 cm³/mol. The van der Waals surface area contributed by atoms with Crippen molar-refractivity contribution in [3.63, 3.8) is 0 Å². The molecular weight excluding hydrogens is 645 g/mol. The first kappa shape index (κ1) is 31.9. The van der Waals surface area contributed by atoms with Crippen LogP contribution >= 0.6 is 0 Å². The number of carbonyl (C=O) groups excluding carboxylic acids is 2. The summed E-state index contributed by atoms with van der Waals surface area (Å²) in [5, 5.41) is 0. The van der Waals surface area contributed by atoms with E-state index in [4.69, 9.17) is 9.97 Å². The first-order chi connectivity index (χ1) is 25.6. The van der Waals surface area contributed by atoms with Crippen molar-refractivity contribution in [2.24, 2.45) is 0 Å². The molecule has 5 aromatic carbocycles. The number of aromatic nitrogens is 4. The van der Waals surface area contributed by atoms with Crippen molar-refractivity contribution in [1.29, 1.82) is 0 Å². The molecule has 2 aliphatic rings. The summed E-state index contributed by atoms with van der Waals surface area (Å²) in [6.45, 7) is 1.52. The minimum absolute atomic E-state index is 0.0335. The maximum Gasteiger partial charge on any atom is 0.227 e. The zero-order chi connectivity index (χ0) is 35.0. The number of rotatable bonds is 8. The zero-order valence-corrected chi connectivity index (χ0v) is 29.0. The predicted octanol–water partition coefficient (Wildman–Crippen LogP) is 8.59. The van der Waals surface area contributed by atoms with E-state index in [0.29, 0.717) is 12.8 Å². The molecule has 258 valence electrons. The molecule has 0 unspecified atom stereocenters. The first-order valence-corrected chi connectivity index (χ1v) is 18.3. The Morgan fingerprint density at radius 3 is 1.37 bits per heavy atom. The van der Waals surface area contributed by atoms with Crippen LogP contribution < -0.4 is 0 Å². The van der Waals surface area contributed by atoms with Crippen molar-refractivity contribution in [2.45, 2.75) is 50.6 Å². The number of nitrogens with zero attached hydrogens (tertiary/aromatic N) is 4. The van der Waals surface area contributed by atoms with E-state index in [2.05, 4.69) is 70.6 Å². The topological polar surface area (TPSA) is 98.0 Å². The molecule has 8 nitrogen and oxygen atoms in total. The summed E-state index contributed by atoms with van der Waals surface area (Å²) in [4.78, 5) is 47.5. The van der Waals surface area contributed by atoms with Crippen LogP contribution in [0.25, 0.3) is 44.3 Å². The van der Waals surface area contributed by atoms with Gasteiger partial charge in [-0.3, -0.25) is 9.59 Å². The van der Waals surface area contributed by atoms with Gasteiger partial charge in [0, 0.05) is 13.1 Å². The molecule has 52 heavy (non-hydrogen) atoms. The number of carbonyl (C=O) groups is 2. The molecule has 2 N–H and O–H groups in total. The van der Waals surface area contributed by atoms with Gasteiger partial charge in [0.15, 0.2) is 0 Å². The average molecular weight is 685 g/mol. The second-order valence-electron chi connectivity index (χ2n) is 14.1. The standard InChI is InChI=1S/C44H40N6O2/c51-41(25-29-9-3-1-4-10-29)49-23-7-13-39(49)43-45-35-21-19-33(27-37(35)47-43)31-15-17-32(18-16-31)34-20-22-36-38(28-34)48-44(46-36)40-14-8-24-50(40)42(52)26-30-11-5-2-6-12-30/h1-6,9-12,15-22,27-28,39-40H,7-8,13-14,23-26H2,(H,45,47)(H,46,48)/t39-,40-/m0/s1. The van der Waals surface area contributed by atoms with Gasteiger partial charge in [0.1, 0.15) is 11.6 Å². The summed E-state index contributed by atoms with van der Waals surface area (Å²) in [6.07, 6.45) is 4.59. The van der Waals surface area contributed by atoms with Gasteiger partial charge in [0.25, 0.3) is 0 Å². The second-order valence-corrected chi connectivity index (χ2v) is 14.1. The third kappa shape index (κ3) is 6.25. The zero-order valence-electron chi connectivity index (χ0n) is 29.0. The highest BCUT2D eigenvalue weighted by molar-refractivity contribution is 5.85. The third-order valence-corrected chi connectivity index (χ3v) is 10.7. The van der Waals surface area contributed by atoms with E-state index >= 15 is 0 Å². The van der Waals surface area contributed by atoms with Gasteiger partial charge in [-0.05, 0) is 83.3 Å². The minimum atomic E-state index is -0.0335. The van der Waals surface area contributed by atoms with Gasteiger partial charge in [-0.15, -0.1) is 0 Å². The van der Waals surface area contributed by atoms with Gasteiger partial charge in [-0.2, -0.15) is 0 Å². The van der Waals surface area contributed by atoms with E-state index in [0.717, 1.165) is 106 Å². The average Bonchev–Trinajstić information content (AvgIpc) is 4.00. The fourth-order valence-electron chi connectivity index (χ4n) is 8.03. The summed E-state index contributed by atoms with van der Waals surface area (Å²) in [6, 6.07) is 41.1. The molecule has 9 rings (SSSR count). The number of likely N-dealkylation sites (tertiary alicyclic amines) is 2. The number of imidazole rings is 2. The van der Waals surface area contributed by atoms with Gasteiger partial charge < -0.3 is 19.8 Å². The Morgan fingerprint density at radius 2 is 0.942 bits per heavy atom. The number of aromatic amines is 2. The van der Waals surface area contributed by atoms with Crippen LogP contribution in [-0.2, 0) is 22.4 Å². The molecule has 2 fully saturated rings. The SMILES string of the molecule is O=C(Cc1ccccc1)N1CCC[C@H]1c1nc2ccc(-c3ccc(-c4ccc5nc([C@@H]6CCCN6C(=O)Cc6ccccc6)[nH]c5c4)cc3)cc2[nH]1. The van der Waals surface area contributed by atoms with E-state index in [1.165, 1.54) is 0 Å². The Bertz CT molecular complexity index is 2210. The molecule has 2 aromatic heterocycles. The summed E-state index contributed by atoms with van der Waals surface area (Å²) in [5.74, 6) is 2.01. The van der Waals surface area contributed by atoms with Crippen LogP contribution in [0.5, 0.6) is 0 Å². The fraction of sp³-hybridized carbons (Fsp3) is 0.227. The number of hydrogen-bond acceptors (Lipinski definition) is 4. The highest BCUT2D eigenvalue weighted by Crippen LogP contribution is 2.35. The smallest absolute Gasteiger partial charge is 0.227 e. The lowest BCUT2D eigenvalue weighted by atomic mass is 10.00. The third-order valence-electron chi connectivity index (χ3n) is 10.7. The number of benzene rings is 5. The van der Waals surface area contributed by atoms with Crippen molar-refractivity contribution >= 4 is 33.9 Å². The molecule has 2 amide bonds. The molecule has 0 bridgehead atoms. The van der Waals surface area contributed by atoms with E-state index in [1.54, 1.807) is 0 Å². The minimum Gasteiger partial charge on any atom is -0.340 e. The largest absolute Gasteiger partial charge is 0.340 e. The highest BCUT2D eigenvalue weighted by atomic mass is 16.2. The molecule has 0 spiro atoms. The normalized spacial score (nSPS) is 17.4. The van der Waals surface area contributed by atoms with Crippen LogP contribution in [0.2, 0.25) is 0 Å². The number of H-pyrrole nitrogens is 2. The lowest BCUT2D eigenvalue weighted by Crippen LogP contribution is -2.32. The van der Waals surface area contributed by atoms with Crippen LogP contribution in [0.3, 0.4) is 0 Å². The molecule has 8 heteroatoms. The van der Waals surface area contributed by atoms with Gasteiger partial charge in [-0.25, -0.2) is 9.97 Å². The molecule has 2 atom stereocenters. The van der Waals surface area contributed by atoms with Gasteiger partial charge >= 0.3 is 0 Å². The van der Waals surface area contributed by atoms with Gasteiger partial charge in [0.2, 0.25) is 11.8 Å². The Kier molecular flexibility index (Phi) is 8.35. The van der Waals surface area contributed by atoms with Crippen molar-refractivity contribution in [2.75, 3.05) is 13.1 Å². The van der Waals surface area contributed by atoms with Crippen LogP contribution in [0.1, 0.15) is 60.5 Å². The molecule has 0 aliphatic carbocycles. The van der Waals surface area contributed by atoms with Crippen LogP contribution in [-0.4, -0.2) is 54.6 Å². The van der Waals surface area contributed by atoms with Gasteiger partial charge in [0.05, 0.1) is 47.0 Å². The lowest BCUT2D eigenvalue weighted by molar-refractivity contribution is -0.132. The summed E-state index contributed by atoms with van der Waals surface area (Å²) in [5.41, 5.74) is 10.3. The Hall–Kier alpha value is -6.02. The molecular formula is C44H40N6O2. The van der Waals surface area contributed by atoms with E-state index < -0.39 is 0 Å². The Balaban J connectivity index is 0.902. The molecule has 0 saturated carbocycles. The number of fused-ring (bicyclic) bond motifs is 2. The quantitative estimate of drug-likeness (QED) is 0.168. The molecule has 4 heterocycles. The molecule has 2 aliphatic heterocycles. The van der Waals surface area contributed by atoms with Crippen LogP contribution in [0.15, 0.2) is 121 Å². The summed E-state index contributed by atoms with van der Waals surface area (Å²) >= 11 is 0. The maximum absolute atomic E-state index is 13.3. The van der Waals surface area contributed by atoms with Crippen molar-refractivity contribution < 1.29 is 9.59 Å². The molecule has 0 radical (unpaired) electrons. The van der Waals surface area contributed by atoms with E-state index in [9.17, 15) is 9.59 Å². The van der Waals surface area contributed by atoms with Crippen molar-refractivity contribution in [1.82, 2.24) is 29.7 Å². The number of amides is 2. The fourth-order valence-corrected chi connectivity index (χ4v) is 8.03. The number of nitrogens with one attached hydrogen (secondary N) is 2. The van der Waals surface area contributed by atoms with E-state index in [1.807, 2.05) is 70.5 Å². The van der Waals surface area contributed by atoms with Gasteiger partial charge in [-0.1, -0.05) is 97.1 Å². The second kappa shape index (κ2) is 13.6. The highest BCUT2D eigenvalue weighted by Gasteiger charge is 2.33. The van der Waals surface area contributed by atoms with Crippen molar-refractivity contribution in [3.8, 4) is 22.3 Å². The maximum atomic E-state index is 13.3. The van der Waals surface area contributed by atoms with Crippen LogP contribution in [0, 0.1) is 0 Å². The summed E-state index contributed by atoms with van der Waals surface area (Å²) < 4.78 is 0. The van der Waals surface area contributed by atoms with Crippen LogP contribution in [0.4, 0.5) is 0 Å². The first-order valence-electron chi connectivity index (χ1n) is 18.3. The lowest BCUT2D eigenvalue weighted by Gasteiger charge is -2.23. The van der Waals surface area contributed by atoms with Crippen molar-refractivity contribution in [3.05, 3.63) is 144 Å². The number of hydrogen-bond donors (Lipinski definition) is 2. The molecule has 2 saturated heterocycles. The monoisotopic (exact) mass is 684 g/mol. The summed E-state index contributed by atoms with van der Waals surface area (Å²) in [7, 11) is 0. The van der Waals surface area contributed by atoms with E-state index in [-0.39, 0.29) is 23.9 Å². The Morgan fingerprint density at radius 1 is 0.538 bits per heavy atom. The molecule has 7 aromatic rings.